The van der Waals surface area contributed by atoms with Gasteiger partial charge < -0.3 is 4.74 Å². The Labute approximate surface area is 123 Å². The highest BCUT2D eigenvalue weighted by molar-refractivity contribution is 6.33. The lowest BCUT2D eigenvalue weighted by Crippen LogP contribution is -2.34. The van der Waals surface area contributed by atoms with Crippen LogP contribution >= 0.6 is 11.6 Å². The molecular formula is C13H20ClN5O. The van der Waals surface area contributed by atoms with Gasteiger partial charge in [0.05, 0.1) is 24.7 Å². The lowest BCUT2D eigenvalue weighted by molar-refractivity contribution is 0.123. The predicted octanol–water partition coefficient (Wildman–Crippen LogP) is 1.87. The minimum atomic E-state index is 0.384. The van der Waals surface area contributed by atoms with E-state index in [0.717, 1.165) is 17.6 Å². The van der Waals surface area contributed by atoms with Crippen molar-refractivity contribution in [1.82, 2.24) is 24.6 Å². The SMILES string of the molecule is COCCN(Cc1nc(Cl)c2cnn(C)c2n1)C(C)C. The Bertz CT molecular complexity index is 583. The molecule has 2 aromatic rings. The van der Waals surface area contributed by atoms with E-state index in [-0.39, 0.29) is 0 Å². The number of methoxy groups -OCH3 is 1. The van der Waals surface area contributed by atoms with E-state index in [2.05, 4.69) is 33.8 Å². The third-order valence-corrected chi connectivity index (χ3v) is 3.54. The second-order valence-electron chi connectivity index (χ2n) is 4.99. The van der Waals surface area contributed by atoms with E-state index in [0.29, 0.717) is 30.2 Å². The highest BCUT2D eigenvalue weighted by Gasteiger charge is 2.15. The van der Waals surface area contributed by atoms with Crippen LogP contribution in [0.15, 0.2) is 6.20 Å². The van der Waals surface area contributed by atoms with Crippen LogP contribution in [0.4, 0.5) is 0 Å². The van der Waals surface area contributed by atoms with Crippen molar-refractivity contribution in [1.29, 1.82) is 0 Å². The van der Waals surface area contributed by atoms with Crippen LogP contribution in [-0.2, 0) is 18.3 Å². The van der Waals surface area contributed by atoms with Gasteiger partial charge in [-0.15, -0.1) is 0 Å². The lowest BCUT2D eigenvalue weighted by Gasteiger charge is -2.25. The number of nitrogens with zero attached hydrogens (tertiary/aromatic N) is 5. The molecule has 2 rings (SSSR count). The Hall–Kier alpha value is -1.24. The van der Waals surface area contributed by atoms with Crippen LogP contribution in [0.2, 0.25) is 5.15 Å². The van der Waals surface area contributed by atoms with Gasteiger partial charge in [-0.3, -0.25) is 9.58 Å². The van der Waals surface area contributed by atoms with Gasteiger partial charge in [0.2, 0.25) is 0 Å². The summed E-state index contributed by atoms with van der Waals surface area (Å²) in [6, 6.07) is 0.384. The summed E-state index contributed by atoms with van der Waals surface area (Å²) >= 11 is 6.20. The highest BCUT2D eigenvalue weighted by atomic mass is 35.5. The number of aromatic nitrogens is 4. The average Bonchev–Trinajstić information content (AvgIpc) is 2.77. The van der Waals surface area contributed by atoms with Gasteiger partial charge >= 0.3 is 0 Å². The van der Waals surface area contributed by atoms with Crippen LogP contribution < -0.4 is 0 Å². The molecule has 0 fully saturated rings. The molecule has 0 atom stereocenters. The largest absolute Gasteiger partial charge is 0.383 e. The molecule has 0 bridgehead atoms. The molecule has 2 heterocycles. The van der Waals surface area contributed by atoms with E-state index in [1.807, 2.05) is 7.05 Å². The summed E-state index contributed by atoms with van der Waals surface area (Å²) in [6.45, 7) is 6.43. The van der Waals surface area contributed by atoms with Crippen molar-refractivity contribution >= 4 is 22.6 Å². The normalized spacial score (nSPS) is 11.9. The molecule has 0 unspecified atom stereocenters. The molecule has 0 saturated carbocycles. The van der Waals surface area contributed by atoms with E-state index < -0.39 is 0 Å². The zero-order valence-electron chi connectivity index (χ0n) is 12.3. The minimum absolute atomic E-state index is 0.384. The van der Waals surface area contributed by atoms with E-state index in [9.17, 15) is 0 Å². The van der Waals surface area contributed by atoms with Gasteiger partial charge in [0.15, 0.2) is 5.65 Å². The third-order valence-electron chi connectivity index (χ3n) is 3.25. The Kier molecular flexibility index (Phi) is 4.91. The summed E-state index contributed by atoms with van der Waals surface area (Å²) in [7, 11) is 3.55. The van der Waals surface area contributed by atoms with Gasteiger partial charge in [0, 0.05) is 26.7 Å². The molecule has 0 aliphatic rings. The summed E-state index contributed by atoms with van der Waals surface area (Å²) in [5, 5.41) is 5.39. The second kappa shape index (κ2) is 6.47. The molecule has 7 heteroatoms. The monoisotopic (exact) mass is 297 g/mol. The number of rotatable bonds is 6. The molecule has 0 spiro atoms. The third kappa shape index (κ3) is 3.26. The first-order valence-electron chi connectivity index (χ1n) is 6.60. The Morgan fingerprint density at radius 3 is 2.80 bits per heavy atom. The Morgan fingerprint density at radius 2 is 2.15 bits per heavy atom. The molecule has 0 saturated heterocycles. The summed E-state index contributed by atoms with van der Waals surface area (Å²) in [6.07, 6.45) is 1.69. The predicted molar refractivity (Wildman–Crippen MR) is 78.7 cm³/mol. The van der Waals surface area contributed by atoms with Gasteiger partial charge in [-0.1, -0.05) is 11.6 Å². The fraction of sp³-hybridized carbons (Fsp3) is 0.615. The van der Waals surface area contributed by atoms with Crippen molar-refractivity contribution < 1.29 is 4.74 Å². The fourth-order valence-electron chi connectivity index (χ4n) is 2.01. The maximum Gasteiger partial charge on any atom is 0.162 e. The smallest absolute Gasteiger partial charge is 0.162 e. The van der Waals surface area contributed by atoms with E-state index in [1.54, 1.807) is 18.0 Å². The number of fused-ring (bicyclic) bond motifs is 1. The topological polar surface area (TPSA) is 56.1 Å². The maximum absolute atomic E-state index is 6.20. The van der Waals surface area contributed by atoms with Crippen molar-refractivity contribution in [2.45, 2.75) is 26.4 Å². The van der Waals surface area contributed by atoms with Crippen LogP contribution in [0.25, 0.3) is 11.0 Å². The number of aryl methyl sites for hydroxylation is 1. The molecule has 6 nitrogen and oxygen atoms in total. The summed E-state index contributed by atoms with van der Waals surface area (Å²) in [4.78, 5) is 11.2. The fourth-order valence-corrected chi connectivity index (χ4v) is 2.24. The van der Waals surface area contributed by atoms with Crippen LogP contribution in [0.3, 0.4) is 0 Å². The van der Waals surface area contributed by atoms with Crippen molar-refractivity contribution in [3.05, 3.63) is 17.2 Å². The number of hydrogen-bond donors (Lipinski definition) is 0. The van der Waals surface area contributed by atoms with E-state index >= 15 is 0 Å². The molecule has 0 aliphatic heterocycles. The average molecular weight is 298 g/mol. The standard InChI is InChI=1S/C13H20ClN5O/c1-9(2)19(5-6-20-4)8-11-16-12(14)10-7-15-18(3)13(10)17-11/h7,9H,5-6,8H2,1-4H3. The number of halogens is 1. The van der Waals surface area contributed by atoms with Crippen LogP contribution in [-0.4, -0.2) is 51.0 Å². The van der Waals surface area contributed by atoms with E-state index in [4.69, 9.17) is 16.3 Å². The summed E-state index contributed by atoms with van der Waals surface area (Å²) in [5.74, 6) is 0.705. The Balaban J connectivity index is 2.25. The molecule has 20 heavy (non-hydrogen) atoms. The highest BCUT2D eigenvalue weighted by Crippen LogP contribution is 2.20. The number of ether oxygens (including phenoxy) is 1. The maximum atomic E-state index is 6.20. The van der Waals surface area contributed by atoms with Crippen LogP contribution in [0.5, 0.6) is 0 Å². The van der Waals surface area contributed by atoms with Gasteiger partial charge in [-0.25, -0.2) is 9.97 Å². The first kappa shape index (κ1) is 15.2. The first-order chi connectivity index (χ1) is 9.52. The quantitative estimate of drug-likeness (QED) is 0.762. The van der Waals surface area contributed by atoms with Gasteiger partial charge in [0.1, 0.15) is 11.0 Å². The molecule has 0 aliphatic carbocycles. The summed E-state index contributed by atoms with van der Waals surface area (Å²) in [5.41, 5.74) is 0.760. The summed E-state index contributed by atoms with van der Waals surface area (Å²) < 4.78 is 6.85. The first-order valence-corrected chi connectivity index (χ1v) is 6.97. The molecule has 0 aromatic carbocycles. The molecule has 0 N–H and O–H groups in total. The van der Waals surface area contributed by atoms with Crippen molar-refractivity contribution in [2.24, 2.45) is 7.05 Å². The zero-order chi connectivity index (χ0) is 14.7. The van der Waals surface area contributed by atoms with Gasteiger partial charge in [-0.05, 0) is 13.8 Å². The van der Waals surface area contributed by atoms with E-state index in [1.165, 1.54) is 0 Å². The Morgan fingerprint density at radius 1 is 1.40 bits per heavy atom. The molecule has 0 radical (unpaired) electrons. The molecule has 110 valence electrons. The van der Waals surface area contributed by atoms with Crippen molar-refractivity contribution in [3.8, 4) is 0 Å². The van der Waals surface area contributed by atoms with Crippen LogP contribution in [0.1, 0.15) is 19.7 Å². The second-order valence-corrected chi connectivity index (χ2v) is 5.35. The molecule has 2 aromatic heterocycles. The van der Waals surface area contributed by atoms with Gasteiger partial charge in [-0.2, -0.15) is 5.10 Å². The molecule has 0 amide bonds. The number of hydrogen-bond acceptors (Lipinski definition) is 5. The lowest BCUT2D eigenvalue weighted by atomic mass is 10.3. The molecular weight excluding hydrogens is 278 g/mol. The zero-order valence-corrected chi connectivity index (χ0v) is 13.1. The van der Waals surface area contributed by atoms with Gasteiger partial charge in [0.25, 0.3) is 0 Å². The van der Waals surface area contributed by atoms with Crippen molar-refractivity contribution in [2.75, 3.05) is 20.3 Å². The van der Waals surface area contributed by atoms with Crippen molar-refractivity contribution in [3.63, 3.8) is 0 Å². The minimum Gasteiger partial charge on any atom is -0.383 e. The van der Waals surface area contributed by atoms with Crippen LogP contribution in [0, 0.1) is 0 Å².